The minimum atomic E-state index is -4.83. The van der Waals surface area contributed by atoms with Gasteiger partial charge < -0.3 is 14.6 Å². The third-order valence-corrected chi connectivity index (χ3v) is 4.18. The Kier molecular flexibility index (Phi) is 4.47. The molecule has 7 heteroatoms. The Morgan fingerprint density at radius 1 is 1.21 bits per heavy atom. The lowest BCUT2D eigenvalue weighted by Gasteiger charge is -2.34. The molecule has 4 nitrogen and oxygen atoms in total. The van der Waals surface area contributed by atoms with E-state index >= 15 is 0 Å². The molecular weight excluding hydrogens is 323 g/mol. The zero-order chi connectivity index (χ0) is 17.2. The summed E-state index contributed by atoms with van der Waals surface area (Å²) in [5.41, 5.74) is -0.500. The number of aliphatic hydroxyl groups is 1. The topological polar surface area (TPSA) is 51.6 Å². The van der Waals surface area contributed by atoms with Gasteiger partial charge in [-0.25, -0.2) is 0 Å². The molecule has 2 heterocycles. The van der Waals surface area contributed by atoms with Gasteiger partial charge in [-0.3, -0.25) is 4.98 Å². The number of benzene rings is 1. The van der Waals surface area contributed by atoms with E-state index in [1.54, 1.807) is 30.5 Å². The maximum absolute atomic E-state index is 12.7. The molecule has 2 aromatic rings. The lowest BCUT2D eigenvalue weighted by atomic mass is 9.79. The van der Waals surface area contributed by atoms with E-state index in [-0.39, 0.29) is 17.2 Å². The van der Waals surface area contributed by atoms with Gasteiger partial charge in [0.25, 0.3) is 0 Å². The van der Waals surface area contributed by atoms with Crippen molar-refractivity contribution in [3.63, 3.8) is 0 Å². The smallest absolute Gasteiger partial charge is 0.405 e. The summed E-state index contributed by atoms with van der Waals surface area (Å²) in [6, 6.07) is 11.1. The average molecular weight is 339 g/mol. The second kappa shape index (κ2) is 6.41. The first kappa shape index (κ1) is 16.7. The summed E-state index contributed by atoms with van der Waals surface area (Å²) in [7, 11) is 0. The highest BCUT2D eigenvalue weighted by molar-refractivity contribution is 5.42. The van der Waals surface area contributed by atoms with Crippen LogP contribution in [0.2, 0.25) is 0 Å². The summed E-state index contributed by atoms with van der Waals surface area (Å²) in [4.78, 5) is 4.28. The number of aromatic nitrogens is 1. The number of hydrogen-bond acceptors (Lipinski definition) is 4. The van der Waals surface area contributed by atoms with Crippen LogP contribution in [-0.4, -0.2) is 29.7 Å². The van der Waals surface area contributed by atoms with Gasteiger partial charge in [0.1, 0.15) is 11.4 Å². The zero-order valence-electron chi connectivity index (χ0n) is 12.7. The SMILES string of the molecule is OCC1(c2ccccc2OC(F)(F)F)OCCC1c1ccccn1. The van der Waals surface area contributed by atoms with Crippen LogP contribution in [-0.2, 0) is 10.3 Å². The Morgan fingerprint density at radius 3 is 2.62 bits per heavy atom. The first-order chi connectivity index (χ1) is 11.5. The Hall–Kier alpha value is -2.12. The van der Waals surface area contributed by atoms with Gasteiger partial charge in [-0.1, -0.05) is 24.3 Å². The fraction of sp³-hybridized carbons (Fsp3) is 0.353. The lowest BCUT2D eigenvalue weighted by Crippen LogP contribution is -2.36. The molecule has 0 aliphatic carbocycles. The summed E-state index contributed by atoms with van der Waals surface area (Å²) in [5, 5.41) is 10.0. The molecule has 1 N–H and O–H groups in total. The highest BCUT2D eigenvalue weighted by Crippen LogP contribution is 2.49. The van der Waals surface area contributed by atoms with Crippen LogP contribution >= 0.6 is 0 Å². The van der Waals surface area contributed by atoms with Crippen LogP contribution in [0.3, 0.4) is 0 Å². The van der Waals surface area contributed by atoms with Gasteiger partial charge in [-0.15, -0.1) is 13.2 Å². The van der Waals surface area contributed by atoms with Gasteiger partial charge in [-0.05, 0) is 24.6 Å². The van der Waals surface area contributed by atoms with E-state index in [0.717, 1.165) is 0 Å². The Bertz CT molecular complexity index is 693. The molecule has 24 heavy (non-hydrogen) atoms. The standard InChI is InChI=1S/C17H16F3NO3/c18-17(19,20)24-15-7-2-1-5-13(15)16(11-22)12(8-10-23-16)14-6-3-4-9-21-14/h1-7,9,12,22H,8,10-11H2. The summed E-state index contributed by atoms with van der Waals surface area (Å²) in [6.45, 7) is -0.172. The molecule has 2 unspecified atom stereocenters. The molecule has 0 radical (unpaired) electrons. The normalized spacial score (nSPS) is 24.1. The van der Waals surface area contributed by atoms with Gasteiger partial charge in [-0.2, -0.15) is 0 Å². The maximum Gasteiger partial charge on any atom is 0.573 e. The molecule has 1 aromatic heterocycles. The van der Waals surface area contributed by atoms with Crippen LogP contribution in [0, 0.1) is 0 Å². The van der Waals surface area contributed by atoms with Crippen LogP contribution in [0.5, 0.6) is 5.75 Å². The molecular formula is C17H16F3NO3. The number of aliphatic hydroxyl groups excluding tert-OH is 1. The molecule has 0 saturated carbocycles. The van der Waals surface area contributed by atoms with E-state index in [1.165, 1.54) is 18.2 Å². The third-order valence-electron chi connectivity index (χ3n) is 4.18. The van der Waals surface area contributed by atoms with E-state index in [2.05, 4.69) is 9.72 Å². The largest absolute Gasteiger partial charge is 0.573 e. The lowest BCUT2D eigenvalue weighted by molar-refractivity contribution is -0.275. The van der Waals surface area contributed by atoms with Crippen molar-refractivity contribution < 1.29 is 27.8 Å². The quantitative estimate of drug-likeness (QED) is 0.928. The Balaban J connectivity index is 2.08. The molecule has 128 valence electrons. The van der Waals surface area contributed by atoms with Gasteiger partial charge in [0, 0.05) is 30.0 Å². The van der Waals surface area contributed by atoms with Gasteiger partial charge >= 0.3 is 6.36 Å². The van der Waals surface area contributed by atoms with Gasteiger partial charge in [0.15, 0.2) is 0 Å². The molecule has 1 fully saturated rings. The summed E-state index contributed by atoms with van der Waals surface area (Å²) in [6.07, 6.45) is -2.68. The number of para-hydroxylation sites is 1. The molecule has 1 aromatic carbocycles. The average Bonchev–Trinajstić information content (AvgIpc) is 3.00. The number of rotatable bonds is 4. The minimum absolute atomic E-state index is 0.165. The number of nitrogens with zero attached hydrogens (tertiary/aromatic N) is 1. The third kappa shape index (κ3) is 3.09. The zero-order valence-corrected chi connectivity index (χ0v) is 12.7. The Labute approximate surface area is 136 Å². The van der Waals surface area contributed by atoms with Crippen molar-refractivity contribution in [1.29, 1.82) is 0 Å². The molecule has 1 aliphatic rings. The molecule has 1 aliphatic heterocycles. The van der Waals surface area contributed by atoms with Crippen LogP contribution in [0.1, 0.15) is 23.6 Å². The summed E-state index contributed by atoms with van der Waals surface area (Å²) < 4.78 is 48.1. The second-order valence-electron chi connectivity index (χ2n) is 5.54. The van der Waals surface area contributed by atoms with Crippen molar-refractivity contribution in [1.82, 2.24) is 4.98 Å². The first-order valence-corrected chi connectivity index (χ1v) is 7.47. The number of halogens is 3. The van der Waals surface area contributed by atoms with Gasteiger partial charge in [0.05, 0.1) is 6.61 Å². The van der Waals surface area contributed by atoms with E-state index in [4.69, 9.17) is 4.74 Å². The maximum atomic E-state index is 12.7. The van der Waals surface area contributed by atoms with Crippen LogP contribution < -0.4 is 4.74 Å². The van der Waals surface area contributed by atoms with E-state index in [0.29, 0.717) is 18.7 Å². The fourth-order valence-electron chi connectivity index (χ4n) is 3.20. The predicted molar refractivity (Wildman–Crippen MR) is 79.4 cm³/mol. The van der Waals surface area contributed by atoms with E-state index in [1.807, 2.05) is 0 Å². The van der Waals surface area contributed by atoms with Crippen LogP contribution in [0.15, 0.2) is 48.7 Å². The van der Waals surface area contributed by atoms with Crippen molar-refractivity contribution in [2.45, 2.75) is 24.3 Å². The minimum Gasteiger partial charge on any atom is -0.405 e. The molecule has 3 rings (SSSR count). The molecule has 1 saturated heterocycles. The monoisotopic (exact) mass is 339 g/mol. The predicted octanol–water partition coefficient (Wildman–Crippen LogP) is 3.37. The van der Waals surface area contributed by atoms with Gasteiger partial charge in [0.2, 0.25) is 0 Å². The molecule has 2 atom stereocenters. The summed E-state index contributed by atoms with van der Waals surface area (Å²) >= 11 is 0. The van der Waals surface area contributed by atoms with Crippen molar-refractivity contribution >= 4 is 0 Å². The first-order valence-electron chi connectivity index (χ1n) is 7.47. The highest BCUT2D eigenvalue weighted by Gasteiger charge is 2.49. The highest BCUT2D eigenvalue weighted by atomic mass is 19.4. The summed E-state index contributed by atoms with van der Waals surface area (Å²) in [5.74, 6) is -0.747. The molecule has 0 spiro atoms. The van der Waals surface area contributed by atoms with E-state index in [9.17, 15) is 18.3 Å². The van der Waals surface area contributed by atoms with Crippen molar-refractivity contribution in [3.05, 3.63) is 59.9 Å². The van der Waals surface area contributed by atoms with E-state index < -0.39 is 18.6 Å². The van der Waals surface area contributed by atoms with Crippen molar-refractivity contribution in [2.24, 2.45) is 0 Å². The number of hydrogen-bond donors (Lipinski definition) is 1. The second-order valence-corrected chi connectivity index (χ2v) is 5.54. The van der Waals surface area contributed by atoms with Crippen LogP contribution in [0.25, 0.3) is 0 Å². The van der Waals surface area contributed by atoms with Crippen LogP contribution in [0.4, 0.5) is 13.2 Å². The number of pyridine rings is 1. The Morgan fingerprint density at radius 2 is 1.96 bits per heavy atom. The van der Waals surface area contributed by atoms with Crippen molar-refractivity contribution in [2.75, 3.05) is 13.2 Å². The number of alkyl halides is 3. The number of ether oxygens (including phenoxy) is 2. The molecule has 0 bridgehead atoms. The van der Waals surface area contributed by atoms with Crippen molar-refractivity contribution in [3.8, 4) is 5.75 Å². The fourth-order valence-corrected chi connectivity index (χ4v) is 3.20. The molecule has 0 amide bonds.